The smallest absolute Gasteiger partial charge is 0.212 e. The van der Waals surface area contributed by atoms with Gasteiger partial charge in [-0.05, 0) is 59.3 Å². The van der Waals surface area contributed by atoms with Crippen LogP contribution in [0.25, 0.3) is 16.8 Å². The summed E-state index contributed by atoms with van der Waals surface area (Å²) in [6.45, 7) is 6.64. The van der Waals surface area contributed by atoms with Gasteiger partial charge in [0.05, 0.1) is 23.3 Å². The molecule has 0 aliphatic heterocycles. The molecule has 5 nitrogen and oxygen atoms in total. The first-order valence-electron chi connectivity index (χ1n) is 9.57. The summed E-state index contributed by atoms with van der Waals surface area (Å²) in [4.78, 5) is 5.39. The standard InChI is InChI=1S/C23H23ClN4OS/c1-23(2,3)16-6-8-17(9-7-16)30-27-21-11-10-18(24)20-13-19(26-28(20)21)15-5-12-22(29-4)25-14-15/h5-14,27H,1-4H3. The number of hydrogen-bond donors (Lipinski definition) is 1. The van der Waals surface area contributed by atoms with E-state index < -0.39 is 0 Å². The van der Waals surface area contributed by atoms with Gasteiger partial charge < -0.3 is 9.46 Å². The van der Waals surface area contributed by atoms with Crippen LogP contribution in [-0.2, 0) is 5.41 Å². The topological polar surface area (TPSA) is 51.5 Å². The van der Waals surface area contributed by atoms with Gasteiger partial charge in [0, 0.05) is 22.7 Å². The van der Waals surface area contributed by atoms with Crippen molar-refractivity contribution in [3.8, 4) is 17.1 Å². The van der Waals surface area contributed by atoms with Crippen LogP contribution in [0.3, 0.4) is 0 Å². The third-order valence-electron chi connectivity index (χ3n) is 4.80. The summed E-state index contributed by atoms with van der Waals surface area (Å²) in [5.41, 5.74) is 3.97. The van der Waals surface area contributed by atoms with Crippen LogP contribution >= 0.6 is 23.5 Å². The quantitative estimate of drug-likeness (QED) is 0.361. The molecule has 0 bridgehead atoms. The summed E-state index contributed by atoms with van der Waals surface area (Å²) in [6, 6.07) is 18.1. The lowest BCUT2D eigenvalue weighted by molar-refractivity contribution is 0.398. The van der Waals surface area contributed by atoms with Crippen molar-refractivity contribution in [1.29, 1.82) is 0 Å². The predicted octanol–water partition coefficient (Wildman–Crippen LogP) is 6.48. The fraction of sp³-hybridized carbons (Fsp3) is 0.217. The number of rotatable bonds is 5. The number of anilines is 1. The lowest BCUT2D eigenvalue weighted by Crippen LogP contribution is -2.10. The molecule has 0 radical (unpaired) electrons. The van der Waals surface area contributed by atoms with Gasteiger partial charge in [0.25, 0.3) is 0 Å². The van der Waals surface area contributed by atoms with Crippen molar-refractivity contribution >= 4 is 34.9 Å². The highest BCUT2D eigenvalue weighted by Gasteiger charge is 2.14. The number of benzene rings is 1. The van der Waals surface area contributed by atoms with Crippen molar-refractivity contribution in [3.63, 3.8) is 0 Å². The molecule has 0 aliphatic carbocycles. The van der Waals surface area contributed by atoms with E-state index in [-0.39, 0.29) is 5.41 Å². The number of nitrogens with zero attached hydrogens (tertiary/aromatic N) is 3. The third kappa shape index (κ3) is 4.25. The first-order chi connectivity index (χ1) is 14.3. The molecule has 3 heterocycles. The van der Waals surface area contributed by atoms with Crippen LogP contribution < -0.4 is 9.46 Å². The van der Waals surface area contributed by atoms with E-state index in [9.17, 15) is 0 Å². The highest BCUT2D eigenvalue weighted by atomic mass is 35.5. The molecular formula is C23H23ClN4OS. The highest BCUT2D eigenvalue weighted by Crippen LogP contribution is 2.30. The molecule has 3 aromatic heterocycles. The zero-order valence-corrected chi connectivity index (χ0v) is 18.9. The predicted molar refractivity (Wildman–Crippen MR) is 125 cm³/mol. The number of fused-ring (bicyclic) bond motifs is 1. The number of nitrogens with one attached hydrogen (secondary N) is 1. The van der Waals surface area contributed by atoms with E-state index in [0.717, 1.165) is 27.5 Å². The highest BCUT2D eigenvalue weighted by molar-refractivity contribution is 8.00. The Hall–Kier alpha value is -2.70. The van der Waals surface area contributed by atoms with Crippen LogP contribution in [0.4, 0.5) is 5.82 Å². The molecule has 7 heteroatoms. The molecule has 0 amide bonds. The Kier molecular flexibility index (Phi) is 5.62. The van der Waals surface area contributed by atoms with Gasteiger partial charge in [0.15, 0.2) is 0 Å². The SMILES string of the molecule is COc1ccc(-c2cc3c(Cl)ccc(NSc4ccc(C(C)(C)C)cc4)n3n2)cn1. The maximum atomic E-state index is 6.42. The third-order valence-corrected chi connectivity index (χ3v) is 5.94. The molecule has 4 aromatic rings. The Labute approximate surface area is 185 Å². The number of pyridine rings is 2. The van der Waals surface area contributed by atoms with Gasteiger partial charge in [0.2, 0.25) is 5.88 Å². The zero-order valence-electron chi connectivity index (χ0n) is 17.3. The normalized spacial score (nSPS) is 11.6. The van der Waals surface area contributed by atoms with E-state index in [1.54, 1.807) is 25.3 Å². The Morgan fingerprint density at radius 2 is 1.80 bits per heavy atom. The number of halogens is 1. The fourth-order valence-corrected chi connectivity index (χ4v) is 3.89. The van der Waals surface area contributed by atoms with Gasteiger partial charge >= 0.3 is 0 Å². The van der Waals surface area contributed by atoms with Gasteiger partial charge in [-0.2, -0.15) is 5.10 Å². The second-order valence-electron chi connectivity index (χ2n) is 7.96. The molecule has 0 atom stereocenters. The summed E-state index contributed by atoms with van der Waals surface area (Å²) in [5, 5.41) is 5.37. The first-order valence-corrected chi connectivity index (χ1v) is 10.8. The average Bonchev–Trinajstić information content (AvgIpc) is 3.19. The van der Waals surface area contributed by atoms with E-state index in [0.29, 0.717) is 10.9 Å². The van der Waals surface area contributed by atoms with Crippen molar-refractivity contribution in [1.82, 2.24) is 14.6 Å². The van der Waals surface area contributed by atoms with Crippen LogP contribution in [0.15, 0.2) is 65.7 Å². The van der Waals surface area contributed by atoms with Gasteiger partial charge in [-0.25, -0.2) is 9.50 Å². The van der Waals surface area contributed by atoms with Gasteiger partial charge in [0.1, 0.15) is 5.82 Å². The Balaban J connectivity index is 1.59. The van der Waals surface area contributed by atoms with Crippen molar-refractivity contribution in [2.75, 3.05) is 11.8 Å². The maximum Gasteiger partial charge on any atom is 0.212 e. The average molecular weight is 439 g/mol. The zero-order chi connectivity index (χ0) is 21.3. The number of methoxy groups -OCH3 is 1. The minimum Gasteiger partial charge on any atom is -0.481 e. The second kappa shape index (κ2) is 8.20. The number of ether oxygens (including phenoxy) is 1. The molecule has 0 aliphatic rings. The summed E-state index contributed by atoms with van der Waals surface area (Å²) >= 11 is 7.96. The molecule has 0 fully saturated rings. The molecule has 0 saturated carbocycles. The van der Waals surface area contributed by atoms with E-state index in [2.05, 4.69) is 54.7 Å². The van der Waals surface area contributed by atoms with E-state index in [1.807, 2.05) is 34.8 Å². The van der Waals surface area contributed by atoms with Crippen LogP contribution in [0.2, 0.25) is 5.02 Å². The van der Waals surface area contributed by atoms with Crippen LogP contribution in [0.1, 0.15) is 26.3 Å². The fourth-order valence-electron chi connectivity index (χ4n) is 3.05. The van der Waals surface area contributed by atoms with E-state index in [4.69, 9.17) is 21.4 Å². The summed E-state index contributed by atoms with van der Waals surface area (Å²) in [7, 11) is 1.60. The van der Waals surface area contributed by atoms with Crippen molar-refractivity contribution in [2.24, 2.45) is 0 Å². The molecule has 4 rings (SSSR count). The Bertz CT molecular complexity index is 1170. The van der Waals surface area contributed by atoms with Gasteiger partial charge in [-0.3, -0.25) is 0 Å². The number of hydrogen-bond acceptors (Lipinski definition) is 5. The van der Waals surface area contributed by atoms with Crippen LogP contribution in [0, 0.1) is 0 Å². The van der Waals surface area contributed by atoms with Crippen molar-refractivity contribution in [2.45, 2.75) is 31.1 Å². The second-order valence-corrected chi connectivity index (χ2v) is 9.25. The lowest BCUT2D eigenvalue weighted by atomic mass is 9.87. The first kappa shape index (κ1) is 20.6. The minimum absolute atomic E-state index is 0.140. The Morgan fingerprint density at radius 1 is 1.03 bits per heavy atom. The number of aromatic nitrogens is 3. The Morgan fingerprint density at radius 3 is 2.43 bits per heavy atom. The summed E-state index contributed by atoms with van der Waals surface area (Å²) in [6.07, 6.45) is 1.74. The van der Waals surface area contributed by atoms with Crippen molar-refractivity contribution < 1.29 is 4.74 Å². The largest absolute Gasteiger partial charge is 0.481 e. The monoisotopic (exact) mass is 438 g/mol. The van der Waals surface area contributed by atoms with E-state index >= 15 is 0 Å². The summed E-state index contributed by atoms with van der Waals surface area (Å²) < 4.78 is 10.3. The molecule has 1 N–H and O–H groups in total. The maximum absolute atomic E-state index is 6.42. The lowest BCUT2D eigenvalue weighted by Gasteiger charge is -2.19. The van der Waals surface area contributed by atoms with Gasteiger partial charge in [-0.1, -0.05) is 44.5 Å². The minimum atomic E-state index is 0.140. The molecular weight excluding hydrogens is 416 g/mol. The van der Waals surface area contributed by atoms with Crippen molar-refractivity contribution in [3.05, 3.63) is 71.4 Å². The molecule has 0 unspecified atom stereocenters. The molecule has 154 valence electrons. The van der Waals surface area contributed by atoms with Crippen LogP contribution in [0.5, 0.6) is 5.88 Å². The van der Waals surface area contributed by atoms with Crippen LogP contribution in [-0.4, -0.2) is 21.7 Å². The molecule has 0 spiro atoms. The molecule has 30 heavy (non-hydrogen) atoms. The van der Waals surface area contributed by atoms with E-state index in [1.165, 1.54) is 5.56 Å². The van der Waals surface area contributed by atoms with Gasteiger partial charge in [-0.15, -0.1) is 0 Å². The molecule has 1 aromatic carbocycles. The molecule has 0 saturated heterocycles. The summed E-state index contributed by atoms with van der Waals surface area (Å²) in [5.74, 6) is 1.41.